The topological polar surface area (TPSA) is 39.1 Å². The Morgan fingerprint density at radius 3 is 2.33 bits per heavy atom. The Morgan fingerprint density at radius 2 is 1.76 bits per heavy atom. The molecule has 0 saturated heterocycles. The first kappa shape index (κ1) is 15.6. The molecule has 1 aromatic carbocycles. The van der Waals surface area contributed by atoms with Crippen molar-refractivity contribution in [2.45, 2.75) is 46.7 Å². The van der Waals surface area contributed by atoms with Gasteiger partial charge in [0.1, 0.15) is 5.75 Å². The van der Waals surface area contributed by atoms with Crippen molar-refractivity contribution in [3.63, 3.8) is 0 Å². The second kappa shape index (κ2) is 5.90. The molecule has 0 amide bonds. The minimum Gasteiger partial charge on any atom is -0.439 e. The predicted molar refractivity (Wildman–Crippen MR) is 85.8 cm³/mol. The summed E-state index contributed by atoms with van der Waals surface area (Å²) in [5.41, 5.74) is 3.38. The first-order chi connectivity index (χ1) is 9.76. The van der Waals surface area contributed by atoms with Gasteiger partial charge in [0, 0.05) is 19.1 Å². The van der Waals surface area contributed by atoms with Gasteiger partial charge in [-0.05, 0) is 46.8 Å². The van der Waals surface area contributed by atoms with Crippen LogP contribution in [0.25, 0.3) is 0 Å². The maximum atomic E-state index is 6.04. The lowest BCUT2D eigenvalue weighted by Crippen LogP contribution is -2.35. The molecule has 4 nitrogen and oxygen atoms in total. The van der Waals surface area contributed by atoms with Crippen LogP contribution in [0.5, 0.6) is 11.6 Å². The highest BCUT2D eigenvalue weighted by Crippen LogP contribution is 2.27. The molecule has 21 heavy (non-hydrogen) atoms. The summed E-state index contributed by atoms with van der Waals surface area (Å²) in [6, 6.07) is 8.06. The molecule has 4 heteroatoms. The van der Waals surface area contributed by atoms with Gasteiger partial charge >= 0.3 is 0 Å². The number of hydrogen-bond acceptors (Lipinski definition) is 3. The number of ether oxygens (including phenoxy) is 1. The van der Waals surface area contributed by atoms with Gasteiger partial charge in [0.05, 0.1) is 11.3 Å². The molecular weight excluding hydrogens is 262 g/mol. The van der Waals surface area contributed by atoms with Crippen molar-refractivity contribution < 1.29 is 4.74 Å². The molecule has 0 radical (unpaired) electrons. The smallest absolute Gasteiger partial charge is 0.222 e. The molecule has 2 rings (SSSR count). The van der Waals surface area contributed by atoms with Gasteiger partial charge < -0.3 is 10.1 Å². The first-order valence-corrected chi connectivity index (χ1v) is 7.28. The number of rotatable bonds is 4. The zero-order valence-corrected chi connectivity index (χ0v) is 13.8. The molecule has 114 valence electrons. The molecule has 0 fully saturated rings. The van der Waals surface area contributed by atoms with Crippen molar-refractivity contribution in [2.75, 3.05) is 0 Å². The maximum Gasteiger partial charge on any atom is 0.222 e. The molecule has 0 spiro atoms. The van der Waals surface area contributed by atoms with Crippen LogP contribution in [-0.2, 0) is 13.6 Å². The third-order valence-electron chi connectivity index (χ3n) is 3.32. The highest BCUT2D eigenvalue weighted by atomic mass is 16.5. The van der Waals surface area contributed by atoms with Crippen LogP contribution in [0.4, 0.5) is 0 Å². The van der Waals surface area contributed by atoms with Gasteiger partial charge in [-0.2, -0.15) is 5.10 Å². The van der Waals surface area contributed by atoms with Gasteiger partial charge in [-0.3, -0.25) is 0 Å². The SMILES string of the molecule is Cc1ccc(Oc2c(CNC(C)(C)C)c(C)nn2C)cc1. The van der Waals surface area contributed by atoms with E-state index < -0.39 is 0 Å². The van der Waals surface area contributed by atoms with E-state index in [0.29, 0.717) is 0 Å². The summed E-state index contributed by atoms with van der Waals surface area (Å²) in [4.78, 5) is 0. The van der Waals surface area contributed by atoms with Gasteiger partial charge in [-0.15, -0.1) is 0 Å². The molecule has 1 aromatic heterocycles. The molecule has 0 aliphatic heterocycles. The van der Waals surface area contributed by atoms with Gasteiger partial charge in [0.2, 0.25) is 5.88 Å². The fourth-order valence-electron chi connectivity index (χ4n) is 2.08. The van der Waals surface area contributed by atoms with E-state index >= 15 is 0 Å². The number of nitrogens with zero attached hydrogens (tertiary/aromatic N) is 2. The van der Waals surface area contributed by atoms with Gasteiger partial charge in [-0.1, -0.05) is 17.7 Å². The summed E-state index contributed by atoms with van der Waals surface area (Å²) < 4.78 is 7.84. The van der Waals surface area contributed by atoms with Crippen molar-refractivity contribution in [1.29, 1.82) is 0 Å². The molecule has 2 aromatic rings. The summed E-state index contributed by atoms with van der Waals surface area (Å²) in [6.45, 7) is 11.3. The number of nitrogens with one attached hydrogen (secondary N) is 1. The van der Waals surface area contributed by atoms with E-state index in [1.54, 1.807) is 4.68 Å². The molecular formula is C17H25N3O. The van der Waals surface area contributed by atoms with E-state index in [-0.39, 0.29) is 5.54 Å². The summed E-state index contributed by atoms with van der Waals surface area (Å²) in [5.74, 6) is 1.63. The molecule has 0 aliphatic rings. The normalized spacial score (nSPS) is 11.7. The van der Waals surface area contributed by atoms with Crippen molar-refractivity contribution in [2.24, 2.45) is 7.05 Å². The molecule has 0 aliphatic carbocycles. The average molecular weight is 287 g/mol. The van der Waals surface area contributed by atoms with E-state index in [2.05, 4.69) is 38.1 Å². The third kappa shape index (κ3) is 4.08. The van der Waals surface area contributed by atoms with Crippen LogP contribution >= 0.6 is 0 Å². The number of aryl methyl sites for hydroxylation is 3. The minimum atomic E-state index is 0.0589. The monoisotopic (exact) mass is 287 g/mol. The zero-order valence-electron chi connectivity index (χ0n) is 13.8. The van der Waals surface area contributed by atoms with Crippen molar-refractivity contribution in [3.8, 4) is 11.6 Å². The van der Waals surface area contributed by atoms with Crippen molar-refractivity contribution in [3.05, 3.63) is 41.1 Å². The fraction of sp³-hybridized carbons (Fsp3) is 0.471. The Labute approximate surface area is 127 Å². The summed E-state index contributed by atoms with van der Waals surface area (Å²) in [5, 5.41) is 7.97. The van der Waals surface area contributed by atoms with Crippen molar-refractivity contribution in [1.82, 2.24) is 15.1 Å². The van der Waals surface area contributed by atoms with E-state index in [1.165, 1.54) is 5.56 Å². The highest BCUT2D eigenvalue weighted by Gasteiger charge is 2.18. The average Bonchev–Trinajstić information content (AvgIpc) is 2.64. The number of hydrogen-bond donors (Lipinski definition) is 1. The lowest BCUT2D eigenvalue weighted by molar-refractivity contribution is 0.401. The van der Waals surface area contributed by atoms with Crippen LogP contribution in [0.2, 0.25) is 0 Å². The quantitative estimate of drug-likeness (QED) is 0.931. The second-order valence-corrected chi connectivity index (χ2v) is 6.51. The predicted octanol–water partition coefficient (Wildman–Crippen LogP) is 3.72. The van der Waals surface area contributed by atoms with Gasteiger partial charge in [0.25, 0.3) is 0 Å². The van der Waals surface area contributed by atoms with Crippen LogP contribution in [0.15, 0.2) is 24.3 Å². The molecule has 1 N–H and O–H groups in total. The Bertz CT molecular complexity index is 606. The van der Waals surface area contributed by atoms with E-state index in [1.807, 2.05) is 38.2 Å². The largest absolute Gasteiger partial charge is 0.439 e. The van der Waals surface area contributed by atoms with Crippen LogP contribution in [0, 0.1) is 13.8 Å². The summed E-state index contributed by atoms with van der Waals surface area (Å²) >= 11 is 0. The lowest BCUT2D eigenvalue weighted by atomic mass is 10.1. The summed E-state index contributed by atoms with van der Waals surface area (Å²) in [7, 11) is 1.91. The van der Waals surface area contributed by atoms with E-state index in [0.717, 1.165) is 29.4 Å². The van der Waals surface area contributed by atoms with Crippen LogP contribution in [0.3, 0.4) is 0 Å². The maximum absolute atomic E-state index is 6.04. The van der Waals surface area contributed by atoms with Gasteiger partial charge in [-0.25, -0.2) is 4.68 Å². The molecule has 0 bridgehead atoms. The van der Waals surface area contributed by atoms with Crippen LogP contribution in [0.1, 0.15) is 37.6 Å². The molecule has 0 unspecified atom stereocenters. The van der Waals surface area contributed by atoms with Crippen LogP contribution in [-0.4, -0.2) is 15.3 Å². The van der Waals surface area contributed by atoms with Crippen LogP contribution < -0.4 is 10.1 Å². The number of benzene rings is 1. The third-order valence-corrected chi connectivity index (χ3v) is 3.32. The summed E-state index contributed by atoms with van der Waals surface area (Å²) in [6.07, 6.45) is 0. The molecule has 0 atom stereocenters. The van der Waals surface area contributed by atoms with E-state index in [4.69, 9.17) is 4.74 Å². The Kier molecular flexibility index (Phi) is 4.37. The second-order valence-electron chi connectivity index (χ2n) is 6.51. The Balaban J connectivity index is 2.24. The lowest BCUT2D eigenvalue weighted by Gasteiger charge is -2.20. The Hall–Kier alpha value is -1.81. The molecule has 1 heterocycles. The van der Waals surface area contributed by atoms with Crippen molar-refractivity contribution >= 4 is 0 Å². The fourth-order valence-corrected chi connectivity index (χ4v) is 2.08. The first-order valence-electron chi connectivity index (χ1n) is 7.28. The minimum absolute atomic E-state index is 0.0589. The highest BCUT2D eigenvalue weighted by molar-refractivity contribution is 5.36. The molecule has 0 saturated carbocycles. The van der Waals surface area contributed by atoms with E-state index in [9.17, 15) is 0 Å². The standard InChI is InChI=1S/C17H25N3O/c1-12-7-9-14(10-8-12)21-16-15(11-18-17(3,4)5)13(2)19-20(16)6/h7-10,18H,11H2,1-6H3. The zero-order chi connectivity index (χ0) is 15.6. The Morgan fingerprint density at radius 1 is 1.14 bits per heavy atom. The van der Waals surface area contributed by atoms with Gasteiger partial charge in [0.15, 0.2) is 0 Å². The number of aromatic nitrogens is 2.